The average Bonchev–Trinajstić information content (AvgIpc) is 2.73. The van der Waals surface area contributed by atoms with Gasteiger partial charge in [-0.2, -0.15) is 0 Å². The van der Waals surface area contributed by atoms with E-state index in [-0.39, 0.29) is 5.82 Å². The smallest absolute Gasteiger partial charge is 0.230 e. The SMILES string of the molecule is Cc1nnc(CNCCc2ccc(F)cc2C)o1. The summed E-state index contributed by atoms with van der Waals surface area (Å²) in [7, 11) is 0. The molecule has 0 amide bonds. The Bertz CT molecular complexity index is 525. The lowest BCUT2D eigenvalue weighted by Crippen LogP contribution is -2.17. The second kappa shape index (κ2) is 5.73. The van der Waals surface area contributed by atoms with Crippen LogP contribution in [0.1, 0.15) is 22.9 Å². The van der Waals surface area contributed by atoms with Gasteiger partial charge in [0.1, 0.15) is 5.82 Å². The summed E-state index contributed by atoms with van der Waals surface area (Å²) >= 11 is 0. The highest BCUT2D eigenvalue weighted by molar-refractivity contribution is 5.26. The van der Waals surface area contributed by atoms with Crippen LogP contribution in [0.4, 0.5) is 4.39 Å². The summed E-state index contributed by atoms with van der Waals surface area (Å²) in [6, 6.07) is 4.86. The molecule has 0 atom stereocenters. The van der Waals surface area contributed by atoms with Crippen molar-refractivity contribution >= 4 is 0 Å². The van der Waals surface area contributed by atoms with Crippen molar-refractivity contribution in [3.8, 4) is 0 Å². The topological polar surface area (TPSA) is 51.0 Å². The van der Waals surface area contributed by atoms with Crippen molar-refractivity contribution in [1.82, 2.24) is 15.5 Å². The van der Waals surface area contributed by atoms with Gasteiger partial charge in [-0.15, -0.1) is 10.2 Å². The summed E-state index contributed by atoms with van der Waals surface area (Å²) in [5.74, 6) is 0.968. The van der Waals surface area contributed by atoms with Gasteiger partial charge in [0.05, 0.1) is 6.54 Å². The van der Waals surface area contributed by atoms with Gasteiger partial charge in [0.25, 0.3) is 0 Å². The number of aryl methyl sites for hydroxylation is 2. The van der Waals surface area contributed by atoms with Gasteiger partial charge < -0.3 is 9.73 Å². The Morgan fingerprint density at radius 1 is 1.28 bits per heavy atom. The maximum Gasteiger partial charge on any atom is 0.230 e. The zero-order chi connectivity index (χ0) is 13.0. The highest BCUT2D eigenvalue weighted by atomic mass is 19.1. The third-order valence-corrected chi connectivity index (χ3v) is 2.72. The number of rotatable bonds is 5. The number of hydrogen-bond donors (Lipinski definition) is 1. The van der Waals surface area contributed by atoms with Crippen LogP contribution in [0, 0.1) is 19.7 Å². The van der Waals surface area contributed by atoms with Gasteiger partial charge in [-0.05, 0) is 43.1 Å². The molecule has 2 aromatic rings. The Morgan fingerprint density at radius 2 is 2.11 bits per heavy atom. The predicted octanol–water partition coefficient (Wildman–Crippen LogP) is 2.16. The highest BCUT2D eigenvalue weighted by Gasteiger charge is 2.02. The zero-order valence-electron chi connectivity index (χ0n) is 10.5. The first-order valence-electron chi connectivity index (χ1n) is 5.90. The molecule has 0 fully saturated rings. The molecule has 1 N–H and O–H groups in total. The Labute approximate surface area is 105 Å². The van der Waals surface area contributed by atoms with Gasteiger partial charge in [0.2, 0.25) is 11.8 Å². The lowest BCUT2D eigenvalue weighted by atomic mass is 10.1. The second-order valence-corrected chi connectivity index (χ2v) is 4.21. The first-order valence-corrected chi connectivity index (χ1v) is 5.90. The lowest BCUT2D eigenvalue weighted by molar-refractivity contribution is 0.448. The molecule has 0 bridgehead atoms. The Morgan fingerprint density at radius 3 is 2.78 bits per heavy atom. The Balaban J connectivity index is 1.78. The third kappa shape index (κ3) is 3.37. The third-order valence-electron chi connectivity index (χ3n) is 2.72. The maximum absolute atomic E-state index is 12.9. The number of aromatic nitrogens is 2. The van der Waals surface area contributed by atoms with Crippen LogP contribution in [0.25, 0.3) is 0 Å². The van der Waals surface area contributed by atoms with Crippen molar-refractivity contribution in [3.63, 3.8) is 0 Å². The van der Waals surface area contributed by atoms with Crippen molar-refractivity contribution in [2.24, 2.45) is 0 Å². The van der Waals surface area contributed by atoms with Crippen LogP contribution in [0.2, 0.25) is 0 Å². The van der Waals surface area contributed by atoms with E-state index in [4.69, 9.17) is 4.42 Å². The van der Waals surface area contributed by atoms with Crippen molar-refractivity contribution in [3.05, 3.63) is 46.9 Å². The maximum atomic E-state index is 12.9. The van der Waals surface area contributed by atoms with E-state index in [1.54, 1.807) is 13.0 Å². The fraction of sp³-hybridized carbons (Fsp3) is 0.385. The summed E-state index contributed by atoms with van der Waals surface area (Å²) in [5.41, 5.74) is 2.12. The first-order chi connectivity index (χ1) is 8.65. The van der Waals surface area contributed by atoms with Gasteiger partial charge in [-0.25, -0.2) is 4.39 Å². The molecule has 0 unspecified atom stereocenters. The van der Waals surface area contributed by atoms with E-state index in [0.717, 1.165) is 24.1 Å². The minimum absolute atomic E-state index is 0.189. The molecule has 0 aliphatic heterocycles. The van der Waals surface area contributed by atoms with Crippen molar-refractivity contribution in [1.29, 1.82) is 0 Å². The molecule has 18 heavy (non-hydrogen) atoms. The summed E-state index contributed by atoms with van der Waals surface area (Å²) in [6.07, 6.45) is 0.846. The molecule has 1 heterocycles. The van der Waals surface area contributed by atoms with E-state index in [9.17, 15) is 4.39 Å². The molecule has 0 radical (unpaired) electrons. The molecule has 96 valence electrons. The Hall–Kier alpha value is -1.75. The Kier molecular flexibility index (Phi) is 4.04. The minimum Gasteiger partial charge on any atom is -0.424 e. The quantitative estimate of drug-likeness (QED) is 0.825. The minimum atomic E-state index is -0.189. The highest BCUT2D eigenvalue weighted by Crippen LogP contribution is 2.10. The van der Waals surface area contributed by atoms with Crippen molar-refractivity contribution in [2.75, 3.05) is 6.54 Å². The van der Waals surface area contributed by atoms with Gasteiger partial charge >= 0.3 is 0 Å². The van der Waals surface area contributed by atoms with Crippen molar-refractivity contribution < 1.29 is 8.81 Å². The van der Waals surface area contributed by atoms with Crippen LogP contribution in [-0.4, -0.2) is 16.7 Å². The number of hydrogen-bond acceptors (Lipinski definition) is 4. The zero-order valence-corrected chi connectivity index (χ0v) is 10.5. The van der Waals surface area contributed by atoms with Gasteiger partial charge in [-0.3, -0.25) is 0 Å². The summed E-state index contributed by atoms with van der Waals surface area (Å²) in [5, 5.41) is 10.9. The van der Waals surface area contributed by atoms with Crippen LogP contribution >= 0.6 is 0 Å². The molecule has 0 saturated carbocycles. The molecule has 1 aromatic heterocycles. The van der Waals surface area contributed by atoms with Gasteiger partial charge in [0, 0.05) is 6.92 Å². The van der Waals surface area contributed by atoms with E-state index < -0.39 is 0 Å². The monoisotopic (exact) mass is 249 g/mol. The van der Waals surface area contributed by atoms with Crippen LogP contribution < -0.4 is 5.32 Å². The van der Waals surface area contributed by atoms with E-state index >= 15 is 0 Å². The molecule has 0 saturated heterocycles. The van der Waals surface area contributed by atoms with Gasteiger partial charge in [-0.1, -0.05) is 6.07 Å². The molecule has 0 aliphatic rings. The first kappa shape index (κ1) is 12.7. The largest absolute Gasteiger partial charge is 0.424 e. The fourth-order valence-electron chi connectivity index (χ4n) is 1.77. The van der Waals surface area contributed by atoms with Crippen LogP contribution in [0.15, 0.2) is 22.6 Å². The lowest BCUT2D eigenvalue weighted by Gasteiger charge is -2.06. The van der Waals surface area contributed by atoms with E-state index in [1.807, 2.05) is 13.0 Å². The number of halogens is 1. The molecule has 0 spiro atoms. The summed E-state index contributed by atoms with van der Waals surface area (Å²) in [6.45, 7) is 5.02. The molecule has 0 aliphatic carbocycles. The number of nitrogens with zero attached hydrogens (tertiary/aromatic N) is 2. The van der Waals surface area contributed by atoms with E-state index in [0.29, 0.717) is 18.3 Å². The second-order valence-electron chi connectivity index (χ2n) is 4.21. The van der Waals surface area contributed by atoms with Crippen LogP contribution in [0.5, 0.6) is 0 Å². The standard InChI is InChI=1S/C13H16FN3O/c1-9-7-12(14)4-3-11(9)5-6-15-8-13-17-16-10(2)18-13/h3-4,7,15H,5-6,8H2,1-2H3. The van der Waals surface area contributed by atoms with Crippen LogP contribution in [-0.2, 0) is 13.0 Å². The number of nitrogens with one attached hydrogen (secondary N) is 1. The van der Waals surface area contributed by atoms with E-state index in [1.165, 1.54) is 6.07 Å². The van der Waals surface area contributed by atoms with Gasteiger partial charge in [0.15, 0.2) is 0 Å². The molecule has 2 rings (SSSR count). The average molecular weight is 249 g/mol. The normalized spacial score (nSPS) is 10.8. The van der Waals surface area contributed by atoms with Crippen LogP contribution in [0.3, 0.4) is 0 Å². The molecular weight excluding hydrogens is 233 g/mol. The van der Waals surface area contributed by atoms with Crippen molar-refractivity contribution in [2.45, 2.75) is 26.8 Å². The molecule has 4 nitrogen and oxygen atoms in total. The summed E-state index contributed by atoms with van der Waals surface area (Å²) in [4.78, 5) is 0. The molecule has 5 heteroatoms. The molecular formula is C13H16FN3O. The van der Waals surface area contributed by atoms with E-state index in [2.05, 4.69) is 15.5 Å². The predicted molar refractivity (Wildman–Crippen MR) is 65.6 cm³/mol. The number of benzene rings is 1. The fourth-order valence-corrected chi connectivity index (χ4v) is 1.77. The summed E-state index contributed by atoms with van der Waals surface area (Å²) < 4.78 is 18.2. The molecule has 1 aromatic carbocycles.